The molecule has 4 aromatic rings. The number of amides is 1. The summed E-state index contributed by atoms with van der Waals surface area (Å²) in [5.74, 6) is 0.706. The first-order chi connectivity index (χ1) is 18.1. The quantitative estimate of drug-likeness (QED) is 0.351. The van der Waals surface area contributed by atoms with E-state index in [2.05, 4.69) is 52.4 Å². The van der Waals surface area contributed by atoms with Crippen LogP contribution in [-0.4, -0.2) is 82.2 Å². The Morgan fingerprint density at radius 2 is 1.97 bits per heavy atom. The highest BCUT2D eigenvalue weighted by molar-refractivity contribution is 7.13. The summed E-state index contributed by atoms with van der Waals surface area (Å²) >= 11 is 1.65. The minimum absolute atomic E-state index is 0.0947. The first-order valence-electron chi connectivity index (χ1n) is 13.0. The Balaban J connectivity index is 1.50. The van der Waals surface area contributed by atoms with E-state index in [4.69, 9.17) is 9.97 Å². The van der Waals surface area contributed by atoms with Gasteiger partial charge in [0.05, 0.1) is 28.0 Å². The molecule has 194 valence electrons. The molecular weight excluding hydrogens is 484 g/mol. The van der Waals surface area contributed by atoms with E-state index in [0.717, 1.165) is 66.9 Å². The number of anilines is 1. The van der Waals surface area contributed by atoms with E-state index in [-0.39, 0.29) is 11.9 Å². The molecule has 37 heavy (non-hydrogen) atoms. The van der Waals surface area contributed by atoms with Crippen molar-refractivity contribution in [3.05, 3.63) is 53.7 Å². The fourth-order valence-corrected chi connectivity index (χ4v) is 5.47. The van der Waals surface area contributed by atoms with Crippen molar-refractivity contribution in [2.24, 2.45) is 0 Å². The maximum Gasteiger partial charge on any atom is 0.251 e. The molecule has 1 aliphatic rings. The van der Waals surface area contributed by atoms with Crippen LogP contribution in [0.25, 0.3) is 27.5 Å². The molecule has 4 aromatic heterocycles. The van der Waals surface area contributed by atoms with Gasteiger partial charge in [0.15, 0.2) is 5.65 Å². The van der Waals surface area contributed by atoms with Crippen molar-refractivity contribution < 1.29 is 4.79 Å². The Morgan fingerprint density at radius 3 is 2.70 bits per heavy atom. The third-order valence-electron chi connectivity index (χ3n) is 6.93. The fourth-order valence-electron chi connectivity index (χ4n) is 4.77. The summed E-state index contributed by atoms with van der Waals surface area (Å²) in [6, 6.07) is 10.1. The minimum atomic E-state index is -0.0947. The number of aromatic nitrogens is 4. The molecular formula is C27H34N8OS. The zero-order valence-corrected chi connectivity index (χ0v) is 22.5. The van der Waals surface area contributed by atoms with Gasteiger partial charge in [0.25, 0.3) is 5.91 Å². The van der Waals surface area contributed by atoms with Crippen molar-refractivity contribution in [2.75, 3.05) is 50.7 Å². The summed E-state index contributed by atoms with van der Waals surface area (Å²) in [5, 5.41) is 13.1. The lowest BCUT2D eigenvalue weighted by molar-refractivity contribution is 0.0938. The first kappa shape index (κ1) is 25.3. The van der Waals surface area contributed by atoms with E-state index < -0.39 is 0 Å². The Hall–Kier alpha value is -3.34. The van der Waals surface area contributed by atoms with Gasteiger partial charge in [-0.15, -0.1) is 11.3 Å². The number of nitrogens with one attached hydrogen (secondary N) is 2. The van der Waals surface area contributed by atoms with Gasteiger partial charge in [0.1, 0.15) is 5.82 Å². The van der Waals surface area contributed by atoms with Gasteiger partial charge >= 0.3 is 0 Å². The molecule has 2 N–H and O–H groups in total. The van der Waals surface area contributed by atoms with Crippen molar-refractivity contribution in [2.45, 2.75) is 26.8 Å². The molecule has 0 unspecified atom stereocenters. The van der Waals surface area contributed by atoms with E-state index in [1.54, 1.807) is 22.0 Å². The summed E-state index contributed by atoms with van der Waals surface area (Å²) in [7, 11) is 0. The third kappa shape index (κ3) is 5.51. The molecule has 0 aliphatic carbocycles. The summed E-state index contributed by atoms with van der Waals surface area (Å²) in [6.07, 6.45) is 3.71. The van der Waals surface area contributed by atoms with Crippen molar-refractivity contribution in [3.8, 4) is 21.8 Å². The molecule has 0 spiro atoms. The van der Waals surface area contributed by atoms with Gasteiger partial charge in [-0.25, -0.2) is 14.5 Å². The van der Waals surface area contributed by atoms with Crippen LogP contribution in [0.1, 0.15) is 31.1 Å². The van der Waals surface area contributed by atoms with Crippen LogP contribution in [0.4, 0.5) is 5.82 Å². The number of piperazine rings is 1. The number of hydrogen-bond donors (Lipinski definition) is 2. The predicted molar refractivity (Wildman–Crippen MR) is 149 cm³/mol. The molecule has 9 nitrogen and oxygen atoms in total. The van der Waals surface area contributed by atoms with Crippen molar-refractivity contribution in [1.82, 2.24) is 35.1 Å². The number of fused-ring (bicyclic) bond motifs is 1. The number of thiophene rings is 1. The van der Waals surface area contributed by atoms with E-state index >= 15 is 0 Å². The highest BCUT2D eigenvalue weighted by atomic mass is 32.1. The molecule has 1 saturated heterocycles. The van der Waals surface area contributed by atoms with E-state index in [1.165, 1.54) is 0 Å². The summed E-state index contributed by atoms with van der Waals surface area (Å²) < 4.78 is 1.76. The first-order valence-corrected chi connectivity index (χ1v) is 13.8. The van der Waals surface area contributed by atoms with Crippen LogP contribution in [-0.2, 0) is 0 Å². The highest BCUT2D eigenvalue weighted by Gasteiger charge is 2.20. The Kier molecular flexibility index (Phi) is 7.78. The fraction of sp³-hybridized carbons (Fsp3) is 0.407. The standard InChI is InChI=1S/C27H34N8OS/c1-4-33(5-2)19(3)17-29-27(36)20-15-23(31-25(16-20)34-12-9-28-10-13-34)21-18-30-35-11-8-22(32-26(21)35)24-7-6-14-37-24/h6-8,11,14-16,18-19,28H,4-5,9-10,12-13,17H2,1-3H3,(H,29,36)/t19-/m0/s1. The molecule has 0 saturated carbocycles. The average Bonchev–Trinajstić information content (AvgIpc) is 3.63. The topological polar surface area (TPSA) is 90.7 Å². The number of nitrogens with zero attached hydrogens (tertiary/aromatic N) is 6. The maximum atomic E-state index is 13.4. The van der Waals surface area contributed by atoms with Gasteiger partial charge in [-0.3, -0.25) is 9.69 Å². The van der Waals surface area contributed by atoms with Crippen molar-refractivity contribution >= 4 is 28.7 Å². The number of likely N-dealkylation sites (N-methyl/N-ethyl adjacent to an activating group) is 1. The largest absolute Gasteiger partial charge is 0.354 e. The molecule has 1 fully saturated rings. The summed E-state index contributed by atoms with van der Waals surface area (Å²) in [4.78, 5) is 28.9. The Bertz CT molecular complexity index is 1340. The minimum Gasteiger partial charge on any atom is -0.354 e. The number of pyridine rings is 1. The van der Waals surface area contributed by atoms with Gasteiger partial charge in [-0.2, -0.15) is 5.10 Å². The zero-order valence-electron chi connectivity index (χ0n) is 21.6. The highest BCUT2D eigenvalue weighted by Crippen LogP contribution is 2.29. The maximum absolute atomic E-state index is 13.4. The summed E-state index contributed by atoms with van der Waals surface area (Å²) in [6.45, 7) is 12.4. The van der Waals surface area contributed by atoms with Crippen LogP contribution in [0.5, 0.6) is 0 Å². The Morgan fingerprint density at radius 1 is 1.16 bits per heavy atom. The molecule has 1 amide bonds. The molecule has 10 heteroatoms. The van der Waals surface area contributed by atoms with Crippen LogP contribution in [0.3, 0.4) is 0 Å². The van der Waals surface area contributed by atoms with Gasteiger partial charge < -0.3 is 15.5 Å². The van der Waals surface area contributed by atoms with Gasteiger partial charge in [-0.1, -0.05) is 19.9 Å². The van der Waals surface area contributed by atoms with Gasteiger partial charge in [-0.05, 0) is 49.7 Å². The molecule has 1 aliphatic heterocycles. The number of carbonyl (C=O) groups excluding carboxylic acids is 1. The van der Waals surface area contributed by atoms with Gasteiger partial charge in [0.2, 0.25) is 0 Å². The van der Waals surface area contributed by atoms with Crippen LogP contribution >= 0.6 is 11.3 Å². The second kappa shape index (κ2) is 11.4. The average molecular weight is 519 g/mol. The molecule has 0 radical (unpaired) electrons. The Labute approximate surface area is 221 Å². The molecule has 0 aromatic carbocycles. The molecule has 0 bridgehead atoms. The predicted octanol–water partition coefficient (Wildman–Crippen LogP) is 3.39. The normalized spacial score (nSPS) is 14.9. The number of hydrogen-bond acceptors (Lipinski definition) is 8. The van der Waals surface area contributed by atoms with Crippen LogP contribution in [0.2, 0.25) is 0 Å². The van der Waals surface area contributed by atoms with E-state index in [1.807, 2.05) is 35.8 Å². The van der Waals surface area contributed by atoms with Crippen molar-refractivity contribution in [3.63, 3.8) is 0 Å². The monoisotopic (exact) mass is 518 g/mol. The number of carbonyl (C=O) groups is 1. The molecule has 5 heterocycles. The SMILES string of the molecule is CCN(CC)[C@@H](C)CNC(=O)c1cc(-c2cnn3ccc(-c4cccs4)nc23)nc(N2CCNCC2)c1. The van der Waals surface area contributed by atoms with Crippen molar-refractivity contribution in [1.29, 1.82) is 0 Å². The summed E-state index contributed by atoms with van der Waals surface area (Å²) in [5.41, 5.74) is 3.71. The lowest BCUT2D eigenvalue weighted by atomic mass is 10.1. The molecule has 5 rings (SSSR count). The van der Waals surface area contributed by atoms with E-state index in [9.17, 15) is 4.79 Å². The second-order valence-electron chi connectivity index (χ2n) is 9.23. The number of rotatable bonds is 9. The van der Waals surface area contributed by atoms with Crippen LogP contribution in [0.15, 0.2) is 48.1 Å². The van der Waals surface area contributed by atoms with Crippen LogP contribution < -0.4 is 15.5 Å². The smallest absolute Gasteiger partial charge is 0.251 e. The van der Waals surface area contributed by atoms with Gasteiger partial charge in [0, 0.05) is 50.5 Å². The van der Waals surface area contributed by atoms with Crippen LogP contribution in [0, 0.1) is 0 Å². The lowest BCUT2D eigenvalue weighted by Gasteiger charge is -2.29. The molecule has 1 atom stereocenters. The third-order valence-corrected chi connectivity index (χ3v) is 7.82. The second-order valence-corrected chi connectivity index (χ2v) is 10.2. The van der Waals surface area contributed by atoms with E-state index in [0.29, 0.717) is 17.8 Å². The zero-order chi connectivity index (χ0) is 25.8. The lowest BCUT2D eigenvalue weighted by Crippen LogP contribution is -2.44.